The molecule has 0 aliphatic carbocycles. The minimum absolute atomic E-state index is 0.136. The topological polar surface area (TPSA) is 66.6 Å². The minimum atomic E-state index is -3.54. The molecule has 21 heavy (non-hydrogen) atoms. The van der Waals surface area contributed by atoms with Crippen molar-refractivity contribution in [3.63, 3.8) is 0 Å². The monoisotopic (exact) mass is 315 g/mol. The van der Waals surface area contributed by atoms with Gasteiger partial charge in [0.2, 0.25) is 10.0 Å². The standard InChI is InChI=1S/C14H22FN3O2S/c1-14(2,16)11-17-7-9-18(10-8-17)21(19,20)13-5-3-12(15)4-6-13/h3-6H,7-11,16H2,1-2H3. The number of nitrogens with zero attached hydrogens (tertiary/aromatic N) is 2. The molecule has 0 unspecified atom stereocenters. The second-order valence-corrected chi connectivity index (χ2v) is 8.06. The average molecular weight is 315 g/mol. The maximum Gasteiger partial charge on any atom is 0.243 e. The van der Waals surface area contributed by atoms with Crippen LogP contribution < -0.4 is 5.73 Å². The number of halogens is 1. The summed E-state index contributed by atoms with van der Waals surface area (Å²) in [5, 5.41) is 0. The van der Waals surface area contributed by atoms with Crippen LogP contribution in [0.1, 0.15) is 13.8 Å². The van der Waals surface area contributed by atoms with Gasteiger partial charge in [-0.1, -0.05) is 0 Å². The van der Waals surface area contributed by atoms with E-state index in [-0.39, 0.29) is 10.4 Å². The van der Waals surface area contributed by atoms with E-state index in [1.807, 2.05) is 13.8 Å². The second kappa shape index (κ2) is 6.00. The van der Waals surface area contributed by atoms with Gasteiger partial charge in [0.1, 0.15) is 5.82 Å². The van der Waals surface area contributed by atoms with Crippen molar-refractivity contribution in [3.8, 4) is 0 Å². The van der Waals surface area contributed by atoms with Crippen molar-refractivity contribution in [1.29, 1.82) is 0 Å². The van der Waals surface area contributed by atoms with Crippen LogP contribution >= 0.6 is 0 Å². The smallest absolute Gasteiger partial charge is 0.243 e. The highest BCUT2D eigenvalue weighted by atomic mass is 32.2. The first-order valence-corrected chi connectivity index (χ1v) is 8.39. The van der Waals surface area contributed by atoms with E-state index < -0.39 is 15.8 Å². The third-order valence-corrected chi connectivity index (χ3v) is 5.33. The van der Waals surface area contributed by atoms with Crippen molar-refractivity contribution >= 4 is 10.0 Å². The summed E-state index contributed by atoms with van der Waals surface area (Å²) in [6.07, 6.45) is 0. The van der Waals surface area contributed by atoms with Crippen LogP contribution in [0.3, 0.4) is 0 Å². The van der Waals surface area contributed by atoms with Crippen LogP contribution in [0.5, 0.6) is 0 Å². The molecular weight excluding hydrogens is 293 g/mol. The van der Waals surface area contributed by atoms with Crippen LogP contribution in [0.15, 0.2) is 29.2 Å². The minimum Gasteiger partial charge on any atom is -0.324 e. The predicted octanol–water partition coefficient (Wildman–Crippen LogP) is 0.869. The van der Waals surface area contributed by atoms with E-state index in [2.05, 4.69) is 4.90 Å². The molecule has 0 amide bonds. The number of hydrogen-bond donors (Lipinski definition) is 1. The highest BCUT2D eigenvalue weighted by Gasteiger charge is 2.29. The van der Waals surface area contributed by atoms with Gasteiger partial charge in [-0.05, 0) is 38.1 Å². The van der Waals surface area contributed by atoms with E-state index in [1.165, 1.54) is 28.6 Å². The molecule has 1 aromatic rings. The maximum absolute atomic E-state index is 12.9. The van der Waals surface area contributed by atoms with Crippen LogP contribution in [-0.2, 0) is 10.0 Å². The van der Waals surface area contributed by atoms with Crippen molar-refractivity contribution in [2.75, 3.05) is 32.7 Å². The summed E-state index contributed by atoms with van der Waals surface area (Å²) >= 11 is 0. The van der Waals surface area contributed by atoms with Gasteiger partial charge in [0.25, 0.3) is 0 Å². The van der Waals surface area contributed by atoms with Gasteiger partial charge >= 0.3 is 0 Å². The Balaban J connectivity index is 2.03. The molecule has 0 saturated carbocycles. The fraction of sp³-hybridized carbons (Fsp3) is 0.571. The fourth-order valence-corrected chi connectivity index (χ4v) is 3.88. The molecule has 7 heteroatoms. The summed E-state index contributed by atoms with van der Waals surface area (Å²) in [7, 11) is -3.54. The Morgan fingerprint density at radius 1 is 1.14 bits per heavy atom. The first kappa shape index (κ1) is 16.4. The third-order valence-electron chi connectivity index (χ3n) is 3.41. The van der Waals surface area contributed by atoms with Crippen molar-refractivity contribution in [1.82, 2.24) is 9.21 Å². The van der Waals surface area contributed by atoms with Crippen LogP contribution in [0.2, 0.25) is 0 Å². The summed E-state index contributed by atoms with van der Waals surface area (Å²) in [6, 6.07) is 4.94. The summed E-state index contributed by atoms with van der Waals surface area (Å²) in [5.74, 6) is -0.441. The number of rotatable bonds is 4. The van der Waals surface area contributed by atoms with Crippen LogP contribution in [0.25, 0.3) is 0 Å². The summed E-state index contributed by atoms with van der Waals surface area (Å²) < 4.78 is 39.2. The summed E-state index contributed by atoms with van der Waals surface area (Å²) in [6.45, 7) is 6.80. The predicted molar refractivity (Wildman–Crippen MR) is 79.9 cm³/mol. The van der Waals surface area contributed by atoms with E-state index in [0.717, 1.165) is 6.54 Å². The average Bonchev–Trinajstić information content (AvgIpc) is 2.38. The molecule has 1 aromatic carbocycles. The van der Waals surface area contributed by atoms with Crippen LogP contribution in [-0.4, -0.2) is 55.9 Å². The van der Waals surface area contributed by atoms with Gasteiger partial charge in [0.15, 0.2) is 0 Å². The molecule has 1 heterocycles. The zero-order valence-corrected chi connectivity index (χ0v) is 13.2. The normalized spacial score (nSPS) is 18.9. The molecular formula is C14H22FN3O2S. The number of sulfonamides is 1. The van der Waals surface area contributed by atoms with E-state index in [0.29, 0.717) is 26.2 Å². The van der Waals surface area contributed by atoms with Crippen molar-refractivity contribution < 1.29 is 12.8 Å². The molecule has 0 aromatic heterocycles. The first-order chi connectivity index (χ1) is 9.68. The van der Waals surface area contributed by atoms with Gasteiger partial charge in [0.05, 0.1) is 4.90 Å². The van der Waals surface area contributed by atoms with Gasteiger partial charge in [-0.25, -0.2) is 12.8 Å². The number of hydrogen-bond acceptors (Lipinski definition) is 4. The number of benzene rings is 1. The summed E-state index contributed by atoms with van der Waals surface area (Å²) in [5.41, 5.74) is 5.69. The van der Waals surface area contributed by atoms with Gasteiger partial charge in [-0.15, -0.1) is 0 Å². The zero-order valence-electron chi connectivity index (χ0n) is 12.4. The van der Waals surface area contributed by atoms with Crippen molar-refractivity contribution in [2.45, 2.75) is 24.3 Å². The lowest BCUT2D eigenvalue weighted by Gasteiger charge is -2.37. The molecule has 1 fully saturated rings. The molecule has 0 spiro atoms. The molecule has 0 atom stereocenters. The molecule has 0 radical (unpaired) electrons. The Bertz CT molecular complexity index is 573. The van der Waals surface area contributed by atoms with E-state index in [1.54, 1.807) is 0 Å². The number of piperazine rings is 1. The SMILES string of the molecule is CC(C)(N)CN1CCN(S(=O)(=O)c2ccc(F)cc2)CC1. The van der Waals surface area contributed by atoms with E-state index in [9.17, 15) is 12.8 Å². The van der Waals surface area contributed by atoms with Crippen molar-refractivity contribution in [3.05, 3.63) is 30.1 Å². The molecule has 2 N–H and O–H groups in total. The van der Waals surface area contributed by atoms with Gasteiger partial charge in [0, 0.05) is 38.3 Å². The Kier molecular flexibility index (Phi) is 4.67. The maximum atomic E-state index is 12.9. The first-order valence-electron chi connectivity index (χ1n) is 6.95. The summed E-state index contributed by atoms with van der Waals surface area (Å²) in [4.78, 5) is 2.30. The largest absolute Gasteiger partial charge is 0.324 e. The van der Waals surface area contributed by atoms with E-state index in [4.69, 9.17) is 5.73 Å². The lowest BCUT2D eigenvalue weighted by molar-refractivity contribution is 0.162. The van der Waals surface area contributed by atoms with Gasteiger partial charge in [-0.3, -0.25) is 4.90 Å². The number of nitrogens with two attached hydrogens (primary N) is 1. The lowest BCUT2D eigenvalue weighted by Crippen LogP contribution is -2.53. The zero-order chi connectivity index (χ0) is 15.7. The van der Waals surface area contributed by atoms with Crippen LogP contribution in [0.4, 0.5) is 4.39 Å². The molecule has 0 bridgehead atoms. The Morgan fingerprint density at radius 3 is 2.14 bits per heavy atom. The highest BCUT2D eigenvalue weighted by molar-refractivity contribution is 7.89. The Morgan fingerprint density at radius 2 is 1.67 bits per heavy atom. The fourth-order valence-electron chi connectivity index (χ4n) is 2.46. The molecule has 1 aliphatic rings. The third kappa shape index (κ3) is 4.23. The van der Waals surface area contributed by atoms with Gasteiger partial charge in [-0.2, -0.15) is 4.31 Å². The lowest BCUT2D eigenvalue weighted by atomic mass is 10.1. The molecule has 1 saturated heterocycles. The molecule has 5 nitrogen and oxygen atoms in total. The quantitative estimate of drug-likeness (QED) is 0.895. The second-order valence-electron chi connectivity index (χ2n) is 6.12. The Hall–Kier alpha value is -1.02. The molecule has 118 valence electrons. The highest BCUT2D eigenvalue weighted by Crippen LogP contribution is 2.18. The van der Waals surface area contributed by atoms with E-state index >= 15 is 0 Å². The van der Waals surface area contributed by atoms with Gasteiger partial charge < -0.3 is 5.73 Å². The molecule has 1 aliphatic heterocycles. The molecule has 2 rings (SSSR count). The van der Waals surface area contributed by atoms with Crippen molar-refractivity contribution in [2.24, 2.45) is 5.73 Å². The Labute approximate surface area is 125 Å². The van der Waals surface area contributed by atoms with Crippen LogP contribution in [0, 0.1) is 5.82 Å².